The molecule has 14 heavy (non-hydrogen) atoms. The molecular formula is C10H16O3S. The molecule has 0 radical (unpaired) electrons. The zero-order valence-corrected chi connectivity index (χ0v) is 9.22. The Morgan fingerprint density at radius 3 is 2.36 bits per heavy atom. The third-order valence-corrected chi connectivity index (χ3v) is 4.44. The summed E-state index contributed by atoms with van der Waals surface area (Å²) < 4.78 is 21.7. The first-order valence-corrected chi connectivity index (χ1v) is 7.25. The summed E-state index contributed by atoms with van der Waals surface area (Å²) in [6.45, 7) is 0. The van der Waals surface area contributed by atoms with Crippen molar-refractivity contribution in [3.8, 4) is 0 Å². The van der Waals surface area contributed by atoms with Gasteiger partial charge in [-0.15, -0.1) is 0 Å². The molecule has 0 aromatic heterocycles. The minimum absolute atomic E-state index is 0.0295. The zero-order chi connectivity index (χ0) is 10.3. The number of hydrogen-bond acceptors (Lipinski definition) is 3. The SMILES string of the molecule is CS(=O)(=O)CCC(=O)C1C2CCCC21. The van der Waals surface area contributed by atoms with E-state index in [9.17, 15) is 13.2 Å². The highest BCUT2D eigenvalue weighted by molar-refractivity contribution is 7.90. The first kappa shape index (κ1) is 10.1. The minimum Gasteiger partial charge on any atom is -0.299 e. The summed E-state index contributed by atoms with van der Waals surface area (Å²) in [5, 5.41) is 0. The molecule has 2 unspecified atom stereocenters. The summed E-state index contributed by atoms with van der Waals surface area (Å²) in [7, 11) is -2.97. The second-order valence-corrected chi connectivity index (χ2v) is 6.89. The van der Waals surface area contributed by atoms with Crippen molar-refractivity contribution in [1.82, 2.24) is 0 Å². The van der Waals surface area contributed by atoms with Crippen LogP contribution in [0.1, 0.15) is 25.7 Å². The Labute approximate surface area is 84.8 Å². The van der Waals surface area contributed by atoms with Gasteiger partial charge in [-0.05, 0) is 24.7 Å². The smallest absolute Gasteiger partial charge is 0.147 e. The molecule has 0 aromatic rings. The molecule has 2 aliphatic rings. The van der Waals surface area contributed by atoms with Crippen molar-refractivity contribution in [2.75, 3.05) is 12.0 Å². The highest BCUT2D eigenvalue weighted by Crippen LogP contribution is 2.58. The predicted molar refractivity (Wildman–Crippen MR) is 53.7 cm³/mol. The average molecular weight is 216 g/mol. The normalized spacial score (nSPS) is 35.4. The summed E-state index contributed by atoms with van der Waals surface area (Å²) >= 11 is 0. The molecule has 0 aromatic carbocycles. The van der Waals surface area contributed by atoms with E-state index in [0.29, 0.717) is 11.8 Å². The number of fused-ring (bicyclic) bond motifs is 1. The monoisotopic (exact) mass is 216 g/mol. The van der Waals surface area contributed by atoms with E-state index in [1.807, 2.05) is 0 Å². The van der Waals surface area contributed by atoms with E-state index in [1.54, 1.807) is 0 Å². The molecule has 2 aliphatic carbocycles. The van der Waals surface area contributed by atoms with Gasteiger partial charge in [0.05, 0.1) is 5.75 Å². The largest absolute Gasteiger partial charge is 0.299 e. The van der Waals surface area contributed by atoms with Crippen LogP contribution in [0, 0.1) is 17.8 Å². The molecular weight excluding hydrogens is 200 g/mol. The van der Waals surface area contributed by atoms with Crippen LogP contribution in [0.2, 0.25) is 0 Å². The van der Waals surface area contributed by atoms with Crippen molar-refractivity contribution in [2.24, 2.45) is 17.8 Å². The van der Waals surface area contributed by atoms with Crippen LogP contribution in [0.4, 0.5) is 0 Å². The molecule has 0 spiro atoms. The summed E-state index contributed by atoms with van der Waals surface area (Å²) in [5.74, 6) is 1.67. The number of ketones is 1. The van der Waals surface area contributed by atoms with E-state index in [4.69, 9.17) is 0 Å². The van der Waals surface area contributed by atoms with Gasteiger partial charge >= 0.3 is 0 Å². The van der Waals surface area contributed by atoms with E-state index in [2.05, 4.69) is 0 Å². The third-order valence-electron chi connectivity index (χ3n) is 3.50. The van der Waals surface area contributed by atoms with Crippen molar-refractivity contribution in [3.05, 3.63) is 0 Å². The maximum atomic E-state index is 11.6. The molecule has 2 saturated carbocycles. The van der Waals surface area contributed by atoms with Gasteiger partial charge in [-0.25, -0.2) is 8.42 Å². The molecule has 2 atom stereocenters. The van der Waals surface area contributed by atoms with Crippen LogP contribution in [-0.4, -0.2) is 26.2 Å². The van der Waals surface area contributed by atoms with E-state index >= 15 is 0 Å². The highest BCUT2D eigenvalue weighted by Gasteiger charge is 2.55. The number of hydrogen-bond donors (Lipinski definition) is 0. The molecule has 4 heteroatoms. The van der Waals surface area contributed by atoms with Crippen LogP contribution >= 0.6 is 0 Å². The Hall–Kier alpha value is -0.380. The molecule has 0 amide bonds. The van der Waals surface area contributed by atoms with Crippen LogP contribution < -0.4 is 0 Å². The van der Waals surface area contributed by atoms with Crippen LogP contribution in [-0.2, 0) is 14.6 Å². The summed E-state index contributed by atoms with van der Waals surface area (Å²) in [4.78, 5) is 11.6. The van der Waals surface area contributed by atoms with Gasteiger partial charge in [0, 0.05) is 18.6 Å². The van der Waals surface area contributed by atoms with Crippen molar-refractivity contribution in [1.29, 1.82) is 0 Å². The highest BCUT2D eigenvalue weighted by atomic mass is 32.2. The number of carbonyl (C=O) groups is 1. The van der Waals surface area contributed by atoms with Gasteiger partial charge in [0.15, 0.2) is 0 Å². The van der Waals surface area contributed by atoms with Crippen molar-refractivity contribution >= 4 is 15.6 Å². The topological polar surface area (TPSA) is 51.2 Å². The molecule has 2 rings (SSSR count). The lowest BCUT2D eigenvalue weighted by Crippen LogP contribution is -2.12. The summed E-state index contributed by atoms with van der Waals surface area (Å²) in [6.07, 6.45) is 5.04. The Morgan fingerprint density at radius 1 is 1.29 bits per heavy atom. The van der Waals surface area contributed by atoms with Gasteiger partial charge in [-0.1, -0.05) is 6.42 Å². The lowest BCUT2D eigenvalue weighted by atomic mass is 10.1. The standard InChI is InChI=1S/C10H16O3S/c1-14(12,13)6-5-9(11)10-7-3-2-4-8(7)10/h7-8,10H,2-6H2,1H3. The second-order valence-electron chi connectivity index (χ2n) is 4.63. The molecule has 2 fully saturated rings. The second kappa shape index (κ2) is 3.33. The van der Waals surface area contributed by atoms with Crippen LogP contribution in [0.3, 0.4) is 0 Å². The fourth-order valence-corrected chi connectivity index (χ4v) is 3.32. The predicted octanol–water partition coefficient (Wildman–Crippen LogP) is 1.04. The number of carbonyl (C=O) groups excluding carboxylic acids is 1. The van der Waals surface area contributed by atoms with Crippen molar-refractivity contribution in [2.45, 2.75) is 25.7 Å². The first-order valence-electron chi connectivity index (χ1n) is 5.19. The lowest BCUT2D eigenvalue weighted by Gasteiger charge is -2.01. The first-order chi connectivity index (χ1) is 6.49. The van der Waals surface area contributed by atoms with Crippen LogP contribution in [0.15, 0.2) is 0 Å². The quantitative estimate of drug-likeness (QED) is 0.705. The summed E-state index contributed by atoms with van der Waals surface area (Å²) in [6, 6.07) is 0. The van der Waals surface area contributed by atoms with E-state index < -0.39 is 9.84 Å². The minimum atomic E-state index is -2.97. The molecule has 80 valence electrons. The third kappa shape index (κ3) is 2.00. The van der Waals surface area contributed by atoms with Crippen molar-refractivity contribution < 1.29 is 13.2 Å². The average Bonchev–Trinajstić information content (AvgIpc) is 2.54. The van der Waals surface area contributed by atoms with Crippen LogP contribution in [0.5, 0.6) is 0 Å². The molecule has 0 heterocycles. The molecule has 0 saturated heterocycles. The molecule has 0 aliphatic heterocycles. The lowest BCUT2D eigenvalue weighted by molar-refractivity contribution is -0.120. The van der Waals surface area contributed by atoms with Gasteiger partial charge in [0.1, 0.15) is 15.6 Å². The van der Waals surface area contributed by atoms with E-state index in [0.717, 1.165) is 0 Å². The summed E-state index contributed by atoms with van der Waals surface area (Å²) in [5.41, 5.74) is 0. The van der Waals surface area contributed by atoms with Crippen molar-refractivity contribution in [3.63, 3.8) is 0 Å². The molecule has 0 bridgehead atoms. The van der Waals surface area contributed by atoms with E-state index in [1.165, 1.54) is 25.5 Å². The Morgan fingerprint density at radius 2 is 1.86 bits per heavy atom. The Kier molecular flexibility index (Phi) is 2.41. The number of sulfone groups is 1. The molecule has 3 nitrogen and oxygen atoms in total. The number of Topliss-reactive ketones (excluding diaryl/α,β-unsaturated/α-hetero) is 1. The number of rotatable bonds is 4. The fourth-order valence-electron chi connectivity index (χ4n) is 2.75. The fraction of sp³-hybridized carbons (Fsp3) is 0.900. The van der Waals surface area contributed by atoms with Gasteiger partial charge in [-0.3, -0.25) is 4.79 Å². The van der Waals surface area contributed by atoms with Gasteiger partial charge in [0.2, 0.25) is 0 Å². The van der Waals surface area contributed by atoms with Gasteiger partial charge in [0.25, 0.3) is 0 Å². The maximum absolute atomic E-state index is 11.6. The molecule has 0 N–H and O–H groups in total. The Balaban J connectivity index is 1.81. The van der Waals surface area contributed by atoms with E-state index in [-0.39, 0.29) is 23.9 Å². The van der Waals surface area contributed by atoms with Gasteiger partial charge < -0.3 is 0 Å². The maximum Gasteiger partial charge on any atom is 0.147 e. The van der Waals surface area contributed by atoms with Crippen LogP contribution in [0.25, 0.3) is 0 Å². The van der Waals surface area contributed by atoms with Gasteiger partial charge in [-0.2, -0.15) is 0 Å². The Bertz CT molecular complexity index is 334. The zero-order valence-electron chi connectivity index (χ0n) is 8.40.